The number of ketones is 1. The lowest BCUT2D eigenvalue weighted by molar-refractivity contribution is -0.114. The van der Waals surface area contributed by atoms with Crippen LogP contribution in [0, 0.1) is 41.5 Å². The van der Waals surface area contributed by atoms with Gasteiger partial charge in [0.1, 0.15) is 0 Å². The van der Waals surface area contributed by atoms with Crippen molar-refractivity contribution in [1.82, 2.24) is 0 Å². The first-order valence-electron chi connectivity index (χ1n) is 8.88. The quantitative estimate of drug-likeness (QED) is 0.619. The Morgan fingerprint density at radius 1 is 0.640 bits per heavy atom. The molecule has 1 heteroatoms. The van der Waals surface area contributed by atoms with Crippen LogP contribution in [-0.4, -0.2) is 5.78 Å². The molecule has 0 radical (unpaired) electrons. The summed E-state index contributed by atoms with van der Waals surface area (Å²) in [5.74, 6) is 0.187. The molecule has 0 saturated heterocycles. The van der Waals surface area contributed by atoms with Crippen LogP contribution in [0.3, 0.4) is 0 Å². The molecule has 0 amide bonds. The van der Waals surface area contributed by atoms with Gasteiger partial charge in [-0.15, -0.1) is 0 Å². The van der Waals surface area contributed by atoms with E-state index in [4.69, 9.17) is 0 Å². The van der Waals surface area contributed by atoms with Gasteiger partial charge in [0, 0.05) is 17.6 Å². The molecule has 2 aromatic rings. The van der Waals surface area contributed by atoms with E-state index >= 15 is 0 Å². The maximum absolute atomic E-state index is 12.5. The summed E-state index contributed by atoms with van der Waals surface area (Å²) in [6, 6.07) is 8.65. The zero-order valence-corrected chi connectivity index (χ0v) is 16.1. The standard InChI is InChI=1S/C24H26O/c1-14-7-20(8-15(2)18(14)5)11-22-13-23(24(22)25)12-21-9-16(3)19(6)17(4)10-21/h7-12H,13H2,1-6H3/b22-11+,23-12?. The molecule has 1 aliphatic carbocycles. The molecule has 1 nitrogen and oxygen atoms in total. The van der Waals surface area contributed by atoms with Crippen molar-refractivity contribution >= 4 is 17.9 Å². The van der Waals surface area contributed by atoms with Crippen molar-refractivity contribution in [1.29, 1.82) is 0 Å². The molecule has 0 aromatic heterocycles. The Balaban J connectivity index is 1.84. The highest BCUT2D eigenvalue weighted by Gasteiger charge is 2.27. The molecule has 1 fully saturated rings. The van der Waals surface area contributed by atoms with Gasteiger partial charge in [0.2, 0.25) is 0 Å². The molecule has 0 N–H and O–H groups in total. The summed E-state index contributed by atoms with van der Waals surface area (Å²) >= 11 is 0. The second-order valence-electron chi connectivity index (χ2n) is 7.40. The van der Waals surface area contributed by atoms with Gasteiger partial charge in [-0.05, 0) is 98.2 Å². The molecule has 2 aromatic carbocycles. The maximum atomic E-state index is 12.5. The lowest BCUT2D eigenvalue weighted by Crippen LogP contribution is -2.18. The van der Waals surface area contributed by atoms with E-state index in [1.807, 2.05) is 12.2 Å². The number of carbonyl (C=O) groups excluding carboxylic acids is 1. The molecule has 3 rings (SSSR count). The minimum absolute atomic E-state index is 0.187. The number of rotatable bonds is 2. The van der Waals surface area contributed by atoms with Crippen LogP contribution in [0.2, 0.25) is 0 Å². The van der Waals surface area contributed by atoms with Crippen LogP contribution in [0.4, 0.5) is 0 Å². The fourth-order valence-electron chi connectivity index (χ4n) is 3.41. The Kier molecular flexibility index (Phi) is 4.51. The van der Waals surface area contributed by atoms with E-state index in [1.165, 1.54) is 33.4 Å². The largest absolute Gasteiger partial charge is 0.289 e. The van der Waals surface area contributed by atoms with Crippen LogP contribution in [-0.2, 0) is 4.79 Å². The number of hydrogen-bond donors (Lipinski definition) is 0. The second kappa shape index (κ2) is 6.48. The van der Waals surface area contributed by atoms with Gasteiger partial charge in [0.15, 0.2) is 5.78 Å². The van der Waals surface area contributed by atoms with Crippen molar-refractivity contribution in [2.75, 3.05) is 0 Å². The third-order valence-corrected chi connectivity index (χ3v) is 5.54. The Hall–Kier alpha value is -2.41. The van der Waals surface area contributed by atoms with Gasteiger partial charge in [-0.1, -0.05) is 24.3 Å². The molecule has 0 unspecified atom stereocenters. The molecule has 1 saturated carbocycles. The van der Waals surface area contributed by atoms with E-state index in [1.54, 1.807) is 0 Å². The molecule has 1 aliphatic rings. The Morgan fingerprint density at radius 3 is 1.24 bits per heavy atom. The summed E-state index contributed by atoms with van der Waals surface area (Å²) in [7, 11) is 0. The highest BCUT2D eigenvalue weighted by atomic mass is 16.1. The van der Waals surface area contributed by atoms with Crippen molar-refractivity contribution in [2.45, 2.75) is 48.0 Å². The summed E-state index contributed by atoms with van der Waals surface area (Å²) in [6.07, 6.45) is 4.85. The Morgan fingerprint density at radius 2 is 0.960 bits per heavy atom. The summed E-state index contributed by atoms with van der Waals surface area (Å²) in [5.41, 5.74) is 11.8. The Labute approximate surface area is 151 Å². The van der Waals surface area contributed by atoms with E-state index in [0.29, 0.717) is 0 Å². The van der Waals surface area contributed by atoms with E-state index in [2.05, 4.69) is 65.8 Å². The van der Waals surface area contributed by atoms with E-state index in [0.717, 1.165) is 28.7 Å². The zero-order chi connectivity index (χ0) is 18.3. The van der Waals surface area contributed by atoms with Gasteiger partial charge in [0.05, 0.1) is 0 Å². The number of hydrogen-bond acceptors (Lipinski definition) is 1. The first-order chi connectivity index (χ1) is 11.8. The molecular weight excluding hydrogens is 304 g/mol. The van der Waals surface area contributed by atoms with Gasteiger partial charge >= 0.3 is 0 Å². The molecule has 0 bridgehead atoms. The van der Waals surface area contributed by atoms with Crippen molar-refractivity contribution in [3.05, 3.63) is 79.9 Å². The lowest BCUT2D eigenvalue weighted by Gasteiger charge is -2.21. The van der Waals surface area contributed by atoms with Gasteiger partial charge in [-0.25, -0.2) is 0 Å². The van der Waals surface area contributed by atoms with Crippen molar-refractivity contribution in [2.24, 2.45) is 0 Å². The van der Waals surface area contributed by atoms with Crippen LogP contribution in [0.25, 0.3) is 12.2 Å². The highest BCUT2D eigenvalue weighted by Crippen LogP contribution is 2.32. The van der Waals surface area contributed by atoms with E-state index in [-0.39, 0.29) is 5.78 Å². The predicted octanol–water partition coefficient (Wildman–Crippen LogP) is 5.98. The minimum atomic E-state index is 0.187. The maximum Gasteiger partial charge on any atom is 0.185 e. The summed E-state index contributed by atoms with van der Waals surface area (Å²) in [4.78, 5) is 12.5. The van der Waals surface area contributed by atoms with Crippen LogP contribution >= 0.6 is 0 Å². The van der Waals surface area contributed by atoms with Crippen LogP contribution in [0.15, 0.2) is 35.4 Å². The van der Waals surface area contributed by atoms with Crippen LogP contribution < -0.4 is 0 Å². The van der Waals surface area contributed by atoms with Crippen molar-refractivity contribution < 1.29 is 4.79 Å². The van der Waals surface area contributed by atoms with E-state index < -0.39 is 0 Å². The predicted molar refractivity (Wildman–Crippen MR) is 107 cm³/mol. The minimum Gasteiger partial charge on any atom is -0.289 e. The van der Waals surface area contributed by atoms with Gasteiger partial charge in [-0.3, -0.25) is 4.79 Å². The van der Waals surface area contributed by atoms with E-state index in [9.17, 15) is 4.79 Å². The van der Waals surface area contributed by atoms with Crippen molar-refractivity contribution in [3.8, 4) is 0 Å². The molecule has 0 aliphatic heterocycles. The monoisotopic (exact) mass is 330 g/mol. The third-order valence-electron chi connectivity index (χ3n) is 5.54. The summed E-state index contributed by atoms with van der Waals surface area (Å²) < 4.78 is 0. The third kappa shape index (κ3) is 3.37. The van der Waals surface area contributed by atoms with Gasteiger partial charge in [-0.2, -0.15) is 0 Å². The van der Waals surface area contributed by atoms with Crippen LogP contribution in [0.1, 0.15) is 50.9 Å². The molecular formula is C24H26O. The molecule has 128 valence electrons. The topological polar surface area (TPSA) is 17.1 Å². The number of Topliss-reactive ketones (excluding diaryl/α,β-unsaturated/α-hetero) is 1. The Bertz CT molecular complexity index is 817. The zero-order valence-electron chi connectivity index (χ0n) is 16.1. The molecule has 25 heavy (non-hydrogen) atoms. The lowest BCUT2D eigenvalue weighted by atomic mass is 9.81. The number of carbonyl (C=O) groups is 1. The molecule has 0 heterocycles. The van der Waals surface area contributed by atoms with Crippen molar-refractivity contribution in [3.63, 3.8) is 0 Å². The second-order valence-corrected chi connectivity index (χ2v) is 7.40. The SMILES string of the molecule is Cc1cc(C=C2C/C(=C\c3cc(C)c(C)c(C)c3)C2=O)cc(C)c1C. The number of allylic oxidation sites excluding steroid dienone is 2. The summed E-state index contributed by atoms with van der Waals surface area (Å²) in [5, 5.41) is 0. The fourth-order valence-corrected chi connectivity index (χ4v) is 3.41. The highest BCUT2D eigenvalue weighted by molar-refractivity contribution is 6.20. The number of aryl methyl sites for hydroxylation is 4. The van der Waals surface area contributed by atoms with Gasteiger partial charge in [0.25, 0.3) is 0 Å². The van der Waals surface area contributed by atoms with Crippen LogP contribution in [0.5, 0.6) is 0 Å². The smallest absolute Gasteiger partial charge is 0.185 e. The first kappa shape index (κ1) is 17.4. The fraction of sp³-hybridized carbons (Fsp3) is 0.292. The molecule has 0 atom stereocenters. The first-order valence-corrected chi connectivity index (χ1v) is 8.88. The average Bonchev–Trinajstić information content (AvgIpc) is 2.56. The average molecular weight is 330 g/mol. The van der Waals surface area contributed by atoms with Gasteiger partial charge < -0.3 is 0 Å². The number of benzene rings is 2. The normalized spacial score (nSPS) is 17.3. The molecule has 0 spiro atoms. The summed E-state index contributed by atoms with van der Waals surface area (Å²) in [6.45, 7) is 12.8.